The molecule has 0 saturated carbocycles. The highest BCUT2D eigenvalue weighted by Crippen LogP contribution is 2.33. The zero-order valence-electron chi connectivity index (χ0n) is 15.1. The van der Waals surface area contributed by atoms with Crippen molar-refractivity contribution in [2.45, 2.75) is 6.92 Å². The van der Waals surface area contributed by atoms with E-state index in [9.17, 15) is 4.79 Å². The SMILES string of the molecule is CCOc1ccc(C(=O)N2CC3CN(c4ccc(C#N)cn4)CC3C2)nn1. The lowest BCUT2D eigenvalue weighted by Crippen LogP contribution is -2.34. The van der Waals surface area contributed by atoms with Gasteiger partial charge in [0.15, 0.2) is 5.69 Å². The van der Waals surface area contributed by atoms with Gasteiger partial charge in [-0.05, 0) is 25.1 Å². The number of rotatable bonds is 4. The lowest BCUT2D eigenvalue weighted by atomic mass is 10.0. The van der Waals surface area contributed by atoms with Crippen LogP contribution in [-0.4, -0.2) is 58.8 Å². The first-order valence-electron chi connectivity index (χ1n) is 9.05. The fourth-order valence-corrected chi connectivity index (χ4v) is 3.81. The van der Waals surface area contributed by atoms with Crippen molar-refractivity contribution >= 4 is 11.7 Å². The molecule has 2 aromatic rings. The first-order chi connectivity index (χ1) is 13.2. The van der Waals surface area contributed by atoms with Gasteiger partial charge >= 0.3 is 0 Å². The number of ether oxygens (including phenoxy) is 1. The molecule has 0 aliphatic carbocycles. The van der Waals surface area contributed by atoms with Crippen LogP contribution < -0.4 is 9.64 Å². The summed E-state index contributed by atoms with van der Waals surface area (Å²) in [5.41, 5.74) is 0.912. The minimum Gasteiger partial charge on any atom is -0.477 e. The smallest absolute Gasteiger partial charge is 0.274 e. The van der Waals surface area contributed by atoms with Gasteiger partial charge in [-0.15, -0.1) is 10.2 Å². The zero-order chi connectivity index (χ0) is 18.8. The number of likely N-dealkylation sites (tertiary alicyclic amines) is 1. The topological polar surface area (TPSA) is 95.2 Å². The van der Waals surface area contributed by atoms with E-state index in [2.05, 4.69) is 26.2 Å². The van der Waals surface area contributed by atoms with Crippen LogP contribution in [0.1, 0.15) is 23.0 Å². The van der Waals surface area contributed by atoms with E-state index in [0.29, 0.717) is 48.7 Å². The van der Waals surface area contributed by atoms with Crippen LogP contribution in [0, 0.1) is 23.2 Å². The van der Waals surface area contributed by atoms with E-state index in [-0.39, 0.29) is 5.91 Å². The highest BCUT2D eigenvalue weighted by Gasteiger charge is 2.42. The van der Waals surface area contributed by atoms with Crippen molar-refractivity contribution < 1.29 is 9.53 Å². The Morgan fingerprint density at radius 1 is 1.19 bits per heavy atom. The maximum atomic E-state index is 12.7. The van der Waals surface area contributed by atoms with Crippen molar-refractivity contribution in [3.8, 4) is 11.9 Å². The highest BCUT2D eigenvalue weighted by atomic mass is 16.5. The van der Waals surface area contributed by atoms with Crippen LogP contribution in [0.15, 0.2) is 30.5 Å². The summed E-state index contributed by atoms with van der Waals surface area (Å²) in [5.74, 6) is 2.07. The molecule has 1 amide bonds. The standard InChI is InChI=1S/C19H20N6O2/c1-2-27-18-6-4-16(22-23-18)19(26)25-11-14-9-24(10-15(14)12-25)17-5-3-13(7-20)8-21-17/h3-6,8,14-15H,2,9-12H2,1H3. The van der Waals surface area contributed by atoms with E-state index in [1.54, 1.807) is 24.4 Å². The van der Waals surface area contributed by atoms with Crippen LogP contribution in [0.4, 0.5) is 5.82 Å². The molecule has 2 aliphatic rings. The van der Waals surface area contributed by atoms with Crippen LogP contribution >= 0.6 is 0 Å². The number of amides is 1. The fourth-order valence-electron chi connectivity index (χ4n) is 3.81. The van der Waals surface area contributed by atoms with E-state index >= 15 is 0 Å². The number of carbonyl (C=O) groups is 1. The van der Waals surface area contributed by atoms with Gasteiger partial charge in [0.25, 0.3) is 5.91 Å². The minimum atomic E-state index is -0.0806. The van der Waals surface area contributed by atoms with Crippen molar-refractivity contribution in [1.82, 2.24) is 20.1 Å². The monoisotopic (exact) mass is 364 g/mol. The van der Waals surface area contributed by atoms with Gasteiger partial charge in [-0.3, -0.25) is 4.79 Å². The summed E-state index contributed by atoms with van der Waals surface area (Å²) in [6, 6.07) is 9.11. The Labute approximate surface area is 157 Å². The Balaban J connectivity index is 1.37. The van der Waals surface area contributed by atoms with Gasteiger partial charge in [-0.25, -0.2) is 4.98 Å². The van der Waals surface area contributed by atoms with E-state index < -0.39 is 0 Å². The van der Waals surface area contributed by atoms with Gasteiger partial charge in [0, 0.05) is 50.3 Å². The number of hydrogen-bond acceptors (Lipinski definition) is 7. The lowest BCUT2D eigenvalue weighted by molar-refractivity contribution is 0.0775. The third-order valence-electron chi connectivity index (χ3n) is 5.13. The molecule has 0 bridgehead atoms. The number of fused-ring (bicyclic) bond motifs is 1. The Kier molecular flexibility index (Phi) is 4.59. The summed E-state index contributed by atoms with van der Waals surface area (Å²) < 4.78 is 5.27. The molecule has 0 N–H and O–H groups in total. The number of carbonyl (C=O) groups excluding carboxylic acids is 1. The summed E-state index contributed by atoms with van der Waals surface area (Å²) in [5, 5.41) is 16.8. The van der Waals surface area contributed by atoms with Crippen LogP contribution in [0.5, 0.6) is 5.88 Å². The van der Waals surface area contributed by atoms with Gasteiger partial charge < -0.3 is 14.5 Å². The molecule has 2 aliphatic heterocycles. The number of nitrogens with zero attached hydrogens (tertiary/aromatic N) is 6. The van der Waals surface area contributed by atoms with Gasteiger partial charge in [0.2, 0.25) is 5.88 Å². The van der Waals surface area contributed by atoms with Crippen molar-refractivity contribution in [2.24, 2.45) is 11.8 Å². The molecular weight excluding hydrogens is 344 g/mol. The van der Waals surface area contributed by atoms with Gasteiger partial charge in [0.05, 0.1) is 12.2 Å². The fraction of sp³-hybridized carbons (Fsp3) is 0.421. The van der Waals surface area contributed by atoms with Crippen molar-refractivity contribution in [1.29, 1.82) is 5.26 Å². The second-order valence-electron chi connectivity index (χ2n) is 6.84. The third-order valence-corrected chi connectivity index (χ3v) is 5.13. The van der Waals surface area contributed by atoms with E-state index in [1.807, 2.05) is 17.9 Å². The van der Waals surface area contributed by atoms with Crippen molar-refractivity contribution in [3.63, 3.8) is 0 Å². The molecule has 2 saturated heterocycles. The number of nitriles is 1. The maximum absolute atomic E-state index is 12.7. The van der Waals surface area contributed by atoms with Gasteiger partial charge in [-0.1, -0.05) is 0 Å². The van der Waals surface area contributed by atoms with Crippen LogP contribution in [-0.2, 0) is 0 Å². The molecule has 4 rings (SSSR count). The number of hydrogen-bond donors (Lipinski definition) is 0. The molecule has 2 unspecified atom stereocenters. The zero-order valence-corrected chi connectivity index (χ0v) is 15.1. The highest BCUT2D eigenvalue weighted by molar-refractivity contribution is 5.92. The molecule has 0 radical (unpaired) electrons. The van der Waals surface area contributed by atoms with Gasteiger partial charge in [0.1, 0.15) is 11.9 Å². The van der Waals surface area contributed by atoms with Crippen LogP contribution in [0.25, 0.3) is 0 Å². The van der Waals surface area contributed by atoms with E-state index in [1.165, 1.54) is 0 Å². The Morgan fingerprint density at radius 3 is 2.52 bits per heavy atom. The molecule has 4 heterocycles. The summed E-state index contributed by atoms with van der Waals surface area (Å²) in [7, 11) is 0. The number of aromatic nitrogens is 3. The normalized spacial score (nSPS) is 21.0. The molecule has 8 nitrogen and oxygen atoms in total. The predicted molar refractivity (Wildman–Crippen MR) is 97.2 cm³/mol. The molecular formula is C19H20N6O2. The molecule has 0 spiro atoms. The number of anilines is 1. The van der Waals surface area contributed by atoms with E-state index in [0.717, 1.165) is 18.9 Å². The first kappa shape index (κ1) is 17.2. The second kappa shape index (κ2) is 7.19. The van der Waals surface area contributed by atoms with Crippen molar-refractivity contribution in [3.05, 3.63) is 41.7 Å². The molecule has 27 heavy (non-hydrogen) atoms. The van der Waals surface area contributed by atoms with Gasteiger partial charge in [-0.2, -0.15) is 5.26 Å². The molecule has 8 heteroatoms. The number of pyridine rings is 1. The quantitative estimate of drug-likeness (QED) is 0.808. The molecule has 2 aromatic heterocycles. The minimum absolute atomic E-state index is 0.0806. The molecule has 2 fully saturated rings. The summed E-state index contributed by atoms with van der Waals surface area (Å²) in [4.78, 5) is 21.2. The average molecular weight is 364 g/mol. The molecule has 138 valence electrons. The van der Waals surface area contributed by atoms with Crippen LogP contribution in [0.3, 0.4) is 0 Å². The predicted octanol–water partition coefficient (Wildman–Crippen LogP) is 1.35. The molecule has 0 aromatic carbocycles. The van der Waals surface area contributed by atoms with Crippen LogP contribution in [0.2, 0.25) is 0 Å². The average Bonchev–Trinajstić information content (AvgIpc) is 3.28. The summed E-state index contributed by atoms with van der Waals surface area (Å²) >= 11 is 0. The Morgan fingerprint density at radius 2 is 1.96 bits per heavy atom. The maximum Gasteiger partial charge on any atom is 0.274 e. The lowest BCUT2D eigenvalue weighted by Gasteiger charge is -2.22. The summed E-state index contributed by atoms with van der Waals surface area (Å²) in [6.45, 7) is 5.55. The third kappa shape index (κ3) is 3.40. The Hall–Kier alpha value is -3.21. The Bertz CT molecular complexity index is 847. The second-order valence-corrected chi connectivity index (χ2v) is 6.84. The van der Waals surface area contributed by atoms with E-state index in [4.69, 9.17) is 10.00 Å². The first-order valence-corrected chi connectivity index (χ1v) is 9.05. The summed E-state index contributed by atoms with van der Waals surface area (Å²) in [6.07, 6.45) is 1.60. The largest absolute Gasteiger partial charge is 0.477 e. The molecule has 2 atom stereocenters. The van der Waals surface area contributed by atoms with Crippen molar-refractivity contribution in [2.75, 3.05) is 37.7 Å².